The minimum atomic E-state index is -0.489. The summed E-state index contributed by atoms with van der Waals surface area (Å²) in [6, 6.07) is 0. The highest BCUT2D eigenvalue weighted by Gasteiger charge is 2.06. The summed E-state index contributed by atoms with van der Waals surface area (Å²) in [4.78, 5) is 23.0. The Labute approximate surface area is 154 Å². The standard InChI is InChI=1S/C21H38O4/c1-4-6-7-8-9-10-11-12-13-14-18-24-20(22)16-17-21(23)25-19(3)15-5-2/h16-17,19H,4-15,18H2,1-3H3/b17-16+. The van der Waals surface area contributed by atoms with Gasteiger partial charge in [0.2, 0.25) is 0 Å². The summed E-state index contributed by atoms with van der Waals surface area (Å²) in [6.07, 6.45) is 16.4. The Morgan fingerprint density at radius 2 is 1.28 bits per heavy atom. The van der Waals surface area contributed by atoms with Crippen molar-refractivity contribution in [3.63, 3.8) is 0 Å². The molecule has 0 N–H and O–H groups in total. The van der Waals surface area contributed by atoms with Gasteiger partial charge in [0.25, 0.3) is 0 Å². The predicted octanol–water partition coefficient (Wildman–Crippen LogP) is 5.74. The van der Waals surface area contributed by atoms with Gasteiger partial charge in [0.1, 0.15) is 0 Å². The maximum Gasteiger partial charge on any atom is 0.331 e. The molecule has 1 unspecified atom stereocenters. The van der Waals surface area contributed by atoms with Gasteiger partial charge in [-0.3, -0.25) is 0 Å². The smallest absolute Gasteiger partial charge is 0.331 e. The molecule has 0 heterocycles. The fourth-order valence-corrected chi connectivity index (χ4v) is 2.65. The average Bonchev–Trinajstić information content (AvgIpc) is 2.58. The summed E-state index contributed by atoms with van der Waals surface area (Å²) in [6.45, 7) is 6.53. The van der Waals surface area contributed by atoms with Crippen LogP contribution in [0.2, 0.25) is 0 Å². The second-order valence-electron chi connectivity index (χ2n) is 6.72. The molecule has 0 amide bonds. The van der Waals surface area contributed by atoms with E-state index in [1.807, 2.05) is 13.8 Å². The molecule has 0 aromatic carbocycles. The SMILES string of the molecule is CCCCCCCCCCCCOC(=O)/C=C/C(=O)OC(C)CCC. The zero-order chi connectivity index (χ0) is 18.8. The molecule has 0 fully saturated rings. The number of rotatable bonds is 16. The molecule has 0 aliphatic carbocycles. The maximum atomic E-state index is 11.5. The van der Waals surface area contributed by atoms with Gasteiger partial charge < -0.3 is 9.47 Å². The Bertz CT molecular complexity index is 363. The first-order valence-corrected chi connectivity index (χ1v) is 10.2. The third-order valence-corrected chi connectivity index (χ3v) is 4.11. The van der Waals surface area contributed by atoms with Crippen LogP contribution in [-0.4, -0.2) is 24.6 Å². The highest BCUT2D eigenvalue weighted by molar-refractivity contribution is 5.91. The Balaban J connectivity index is 3.48. The lowest BCUT2D eigenvalue weighted by Crippen LogP contribution is -2.13. The molecule has 0 aliphatic heterocycles. The Hall–Kier alpha value is -1.32. The van der Waals surface area contributed by atoms with Crippen LogP contribution < -0.4 is 0 Å². The van der Waals surface area contributed by atoms with E-state index in [1.165, 1.54) is 51.4 Å². The summed E-state index contributed by atoms with van der Waals surface area (Å²) in [5.74, 6) is -0.965. The third kappa shape index (κ3) is 17.3. The van der Waals surface area contributed by atoms with Crippen molar-refractivity contribution >= 4 is 11.9 Å². The molecule has 0 bridgehead atoms. The molecule has 0 spiro atoms. The molecule has 0 radical (unpaired) electrons. The molecule has 0 saturated heterocycles. The highest BCUT2D eigenvalue weighted by atomic mass is 16.5. The van der Waals surface area contributed by atoms with E-state index in [0.717, 1.165) is 37.8 Å². The normalized spacial score (nSPS) is 12.3. The summed E-state index contributed by atoms with van der Waals surface area (Å²) in [7, 11) is 0. The van der Waals surface area contributed by atoms with Crippen molar-refractivity contribution in [2.45, 2.75) is 104 Å². The zero-order valence-electron chi connectivity index (χ0n) is 16.6. The fourth-order valence-electron chi connectivity index (χ4n) is 2.65. The summed E-state index contributed by atoms with van der Waals surface area (Å²) >= 11 is 0. The van der Waals surface area contributed by atoms with E-state index < -0.39 is 11.9 Å². The lowest BCUT2D eigenvalue weighted by molar-refractivity contribution is -0.143. The summed E-state index contributed by atoms with van der Waals surface area (Å²) in [5, 5.41) is 0. The Morgan fingerprint density at radius 3 is 1.84 bits per heavy atom. The fraction of sp³-hybridized carbons (Fsp3) is 0.810. The molecule has 0 aliphatic rings. The van der Waals surface area contributed by atoms with Crippen molar-refractivity contribution < 1.29 is 19.1 Å². The van der Waals surface area contributed by atoms with Crippen LogP contribution in [0.15, 0.2) is 12.2 Å². The van der Waals surface area contributed by atoms with Gasteiger partial charge in [-0.25, -0.2) is 9.59 Å². The third-order valence-electron chi connectivity index (χ3n) is 4.11. The van der Waals surface area contributed by atoms with Crippen LogP contribution >= 0.6 is 0 Å². The van der Waals surface area contributed by atoms with Crippen molar-refractivity contribution in [2.75, 3.05) is 6.61 Å². The van der Waals surface area contributed by atoms with E-state index in [0.29, 0.717) is 6.61 Å². The van der Waals surface area contributed by atoms with Crippen LogP contribution in [0.3, 0.4) is 0 Å². The van der Waals surface area contributed by atoms with Gasteiger partial charge in [-0.2, -0.15) is 0 Å². The lowest BCUT2D eigenvalue weighted by atomic mass is 10.1. The second-order valence-corrected chi connectivity index (χ2v) is 6.72. The van der Waals surface area contributed by atoms with Crippen LogP contribution in [0.4, 0.5) is 0 Å². The first-order chi connectivity index (χ1) is 12.1. The monoisotopic (exact) mass is 354 g/mol. The first kappa shape index (κ1) is 23.7. The molecule has 0 aromatic heterocycles. The number of hydrogen-bond acceptors (Lipinski definition) is 4. The van der Waals surface area contributed by atoms with Gasteiger partial charge in [-0.15, -0.1) is 0 Å². The topological polar surface area (TPSA) is 52.6 Å². The van der Waals surface area contributed by atoms with Crippen molar-refractivity contribution in [3.05, 3.63) is 12.2 Å². The van der Waals surface area contributed by atoms with Crippen LogP contribution in [0.25, 0.3) is 0 Å². The van der Waals surface area contributed by atoms with Crippen molar-refractivity contribution in [2.24, 2.45) is 0 Å². The number of ether oxygens (including phenoxy) is 2. The molecule has 146 valence electrons. The molecule has 4 heteroatoms. The van der Waals surface area contributed by atoms with Gasteiger partial charge in [-0.1, -0.05) is 78.1 Å². The molecule has 1 atom stereocenters. The number of hydrogen-bond donors (Lipinski definition) is 0. The molecule has 0 rings (SSSR count). The molecule has 4 nitrogen and oxygen atoms in total. The van der Waals surface area contributed by atoms with E-state index in [2.05, 4.69) is 6.92 Å². The quantitative estimate of drug-likeness (QED) is 0.201. The molecular formula is C21H38O4. The van der Waals surface area contributed by atoms with Gasteiger partial charge >= 0.3 is 11.9 Å². The Morgan fingerprint density at radius 1 is 0.760 bits per heavy atom. The number of unbranched alkanes of at least 4 members (excludes halogenated alkanes) is 9. The number of esters is 2. The van der Waals surface area contributed by atoms with Crippen molar-refractivity contribution in [1.82, 2.24) is 0 Å². The van der Waals surface area contributed by atoms with Crippen molar-refractivity contribution in [1.29, 1.82) is 0 Å². The van der Waals surface area contributed by atoms with Gasteiger partial charge in [0.15, 0.2) is 0 Å². The highest BCUT2D eigenvalue weighted by Crippen LogP contribution is 2.10. The average molecular weight is 355 g/mol. The minimum absolute atomic E-state index is 0.121. The maximum absolute atomic E-state index is 11.5. The Kier molecular flexibility index (Phi) is 16.6. The predicted molar refractivity (Wildman–Crippen MR) is 102 cm³/mol. The van der Waals surface area contributed by atoms with E-state index in [9.17, 15) is 9.59 Å². The van der Waals surface area contributed by atoms with Crippen molar-refractivity contribution in [3.8, 4) is 0 Å². The first-order valence-electron chi connectivity index (χ1n) is 10.2. The minimum Gasteiger partial charge on any atom is -0.463 e. The van der Waals surface area contributed by atoms with Gasteiger partial charge in [0, 0.05) is 12.2 Å². The second kappa shape index (κ2) is 17.5. The molecule has 25 heavy (non-hydrogen) atoms. The van der Waals surface area contributed by atoms with Crippen LogP contribution in [0.1, 0.15) is 97.8 Å². The number of carbonyl (C=O) groups is 2. The van der Waals surface area contributed by atoms with E-state index in [1.54, 1.807) is 0 Å². The van der Waals surface area contributed by atoms with Crippen LogP contribution in [0.5, 0.6) is 0 Å². The van der Waals surface area contributed by atoms with E-state index in [-0.39, 0.29) is 6.10 Å². The van der Waals surface area contributed by atoms with Crippen LogP contribution in [-0.2, 0) is 19.1 Å². The van der Waals surface area contributed by atoms with Crippen LogP contribution in [0, 0.1) is 0 Å². The zero-order valence-corrected chi connectivity index (χ0v) is 16.6. The van der Waals surface area contributed by atoms with E-state index >= 15 is 0 Å². The van der Waals surface area contributed by atoms with E-state index in [4.69, 9.17) is 9.47 Å². The van der Waals surface area contributed by atoms with Gasteiger partial charge in [-0.05, 0) is 19.8 Å². The molecule has 0 aromatic rings. The van der Waals surface area contributed by atoms with Gasteiger partial charge in [0.05, 0.1) is 12.7 Å². The molecule has 0 saturated carbocycles. The molecular weight excluding hydrogens is 316 g/mol. The largest absolute Gasteiger partial charge is 0.463 e. The summed E-state index contributed by atoms with van der Waals surface area (Å²) in [5.41, 5.74) is 0. The number of carbonyl (C=O) groups excluding carboxylic acids is 2. The summed E-state index contributed by atoms with van der Waals surface area (Å²) < 4.78 is 10.2. The lowest BCUT2D eigenvalue weighted by Gasteiger charge is -2.09.